The zero-order chi connectivity index (χ0) is 23.3. The summed E-state index contributed by atoms with van der Waals surface area (Å²) >= 11 is 1.54. The molecule has 0 aliphatic heterocycles. The highest BCUT2D eigenvalue weighted by Gasteiger charge is 2.18. The summed E-state index contributed by atoms with van der Waals surface area (Å²) in [6.07, 6.45) is 8.83. The van der Waals surface area contributed by atoms with E-state index >= 15 is 0 Å². The summed E-state index contributed by atoms with van der Waals surface area (Å²) in [7, 11) is 0. The third kappa shape index (κ3) is 4.55. The molecule has 0 radical (unpaired) electrons. The summed E-state index contributed by atoms with van der Waals surface area (Å²) < 4.78 is 0. The number of nitrogens with one attached hydrogen (secondary N) is 1. The average Bonchev–Trinajstić information content (AvgIpc) is 3.42. The molecule has 0 aliphatic rings. The van der Waals surface area contributed by atoms with Crippen LogP contribution in [0.4, 0.5) is 22.2 Å². The predicted molar refractivity (Wildman–Crippen MR) is 137 cm³/mol. The van der Waals surface area contributed by atoms with E-state index in [2.05, 4.69) is 20.3 Å². The third-order valence-electron chi connectivity index (χ3n) is 5.38. The molecule has 1 N–H and O–H groups in total. The van der Waals surface area contributed by atoms with Gasteiger partial charge in [0.25, 0.3) is 5.91 Å². The molecule has 0 bridgehead atoms. The van der Waals surface area contributed by atoms with Crippen LogP contribution in [-0.2, 0) is 0 Å². The largest absolute Gasteiger partial charge is 0.322 e. The SMILES string of the molecule is Cc1ccc(NC(=O)c2ccc(-c3ccncc3)cc2)cc1N(c1cccnc1)c1nccs1. The number of hydrogen-bond donors (Lipinski definition) is 1. The molecule has 5 aromatic rings. The number of carbonyl (C=O) groups is 1. The first kappa shape index (κ1) is 21.5. The molecule has 6 nitrogen and oxygen atoms in total. The summed E-state index contributed by atoms with van der Waals surface area (Å²) in [5.41, 5.74) is 6.26. The first-order valence-corrected chi connectivity index (χ1v) is 11.6. The van der Waals surface area contributed by atoms with Crippen molar-refractivity contribution in [2.24, 2.45) is 0 Å². The van der Waals surface area contributed by atoms with Crippen LogP contribution in [0, 0.1) is 6.92 Å². The topological polar surface area (TPSA) is 71.0 Å². The Balaban J connectivity index is 1.42. The normalized spacial score (nSPS) is 10.6. The van der Waals surface area contributed by atoms with Crippen LogP contribution in [0.15, 0.2) is 103 Å². The number of anilines is 4. The van der Waals surface area contributed by atoms with Crippen molar-refractivity contribution in [1.29, 1.82) is 0 Å². The van der Waals surface area contributed by atoms with Crippen LogP contribution >= 0.6 is 11.3 Å². The molecule has 1 amide bonds. The Bertz CT molecular complexity index is 1390. The number of carbonyl (C=O) groups excluding carboxylic acids is 1. The number of pyridine rings is 2. The van der Waals surface area contributed by atoms with Crippen LogP contribution in [0.1, 0.15) is 15.9 Å². The average molecular weight is 464 g/mol. The van der Waals surface area contributed by atoms with Gasteiger partial charge in [-0.3, -0.25) is 19.7 Å². The number of aromatic nitrogens is 3. The highest BCUT2D eigenvalue weighted by molar-refractivity contribution is 7.13. The Morgan fingerprint density at radius 2 is 1.68 bits per heavy atom. The molecular weight excluding hydrogens is 442 g/mol. The second-order valence-corrected chi connectivity index (χ2v) is 8.50. The zero-order valence-corrected chi connectivity index (χ0v) is 19.2. The van der Waals surface area contributed by atoms with Gasteiger partial charge in [-0.2, -0.15) is 0 Å². The molecule has 3 heterocycles. The molecule has 2 aromatic carbocycles. The van der Waals surface area contributed by atoms with Crippen molar-refractivity contribution in [3.8, 4) is 11.1 Å². The van der Waals surface area contributed by atoms with Gasteiger partial charge in [0.2, 0.25) is 0 Å². The molecule has 0 unspecified atom stereocenters. The summed E-state index contributed by atoms with van der Waals surface area (Å²) in [5, 5.41) is 5.79. The smallest absolute Gasteiger partial charge is 0.255 e. The second-order valence-electron chi connectivity index (χ2n) is 7.63. The van der Waals surface area contributed by atoms with E-state index in [9.17, 15) is 4.79 Å². The molecule has 166 valence electrons. The van der Waals surface area contributed by atoms with Gasteiger partial charge in [0.15, 0.2) is 5.13 Å². The highest BCUT2D eigenvalue weighted by Crippen LogP contribution is 2.38. The van der Waals surface area contributed by atoms with Gasteiger partial charge in [-0.25, -0.2) is 4.98 Å². The minimum atomic E-state index is -0.168. The molecule has 3 aromatic heterocycles. The molecule has 5 rings (SSSR count). The number of nitrogens with zero attached hydrogens (tertiary/aromatic N) is 4. The Morgan fingerprint density at radius 1 is 0.882 bits per heavy atom. The van der Waals surface area contributed by atoms with E-state index in [-0.39, 0.29) is 5.91 Å². The number of thiazole rings is 1. The lowest BCUT2D eigenvalue weighted by atomic mass is 10.0. The van der Waals surface area contributed by atoms with Crippen LogP contribution in [0.25, 0.3) is 11.1 Å². The second kappa shape index (κ2) is 9.64. The van der Waals surface area contributed by atoms with Crippen LogP contribution in [0.5, 0.6) is 0 Å². The minimum absolute atomic E-state index is 0.168. The number of benzene rings is 2. The van der Waals surface area contributed by atoms with Gasteiger partial charge < -0.3 is 5.32 Å². The molecule has 0 fully saturated rings. The van der Waals surface area contributed by atoms with Crippen molar-refractivity contribution < 1.29 is 4.79 Å². The van der Waals surface area contributed by atoms with E-state index < -0.39 is 0 Å². The van der Waals surface area contributed by atoms with E-state index in [4.69, 9.17) is 0 Å². The van der Waals surface area contributed by atoms with Gasteiger partial charge in [-0.1, -0.05) is 18.2 Å². The van der Waals surface area contributed by atoms with Crippen molar-refractivity contribution >= 4 is 39.4 Å². The number of aryl methyl sites for hydroxylation is 1. The summed E-state index contributed by atoms with van der Waals surface area (Å²) in [5.74, 6) is -0.168. The quantitative estimate of drug-likeness (QED) is 0.306. The highest BCUT2D eigenvalue weighted by atomic mass is 32.1. The Kier molecular flexibility index (Phi) is 6.09. The maximum atomic E-state index is 13.0. The van der Waals surface area contributed by atoms with Gasteiger partial charge in [0.05, 0.1) is 17.6 Å². The van der Waals surface area contributed by atoms with Crippen molar-refractivity contribution in [2.45, 2.75) is 6.92 Å². The monoisotopic (exact) mass is 463 g/mol. The maximum absolute atomic E-state index is 13.0. The third-order valence-corrected chi connectivity index (χ3v) is 6.14. The first-order valence-electron chi connectivity index (χ1n) is 10.7. The Morgan fingerprint density at radius 3 is 2.38 bits per heavy atom. The predicted octanol–water partition coefficient (Wildman–Crippen LogP) is 6.63. The molecule has 7 heteroatoms. The number of rotatable bonds is 6. The molecule has 0 aliphatic carbocycles. The summed E-state index contributed by atoms with van der Waals surface area (Å²) in [6, 6.07) is 21.2. The fourth-order valence-electron chi connectivity index (χ4n) is 3.65. The van der Waals surface area contributed by atoms with Gasteiger partial charge in [-0.05, 0) is 72.1 Å². The van der Waals surface area contributed by atoms with Gasteiger partial charge in [0.1, 0.15) is 0 Å². The van der Waals surface area contributed by atoms with E-state index in [0.717, 1.165) is 33.2 Å². The van der Waals surface area contributed by atoms with E-state index in [1.165, 1.54) is 0 Å². The van der Waals surface area contributed by atoms with Crippen LogP contribution < -0.4 is 10.2 Å². The summed E-state index contributed by atoms with van der Waals surface area (Å²) in [4.78, 5) is 27.8. The molecule has 0 saturated carbocycles. The van der Waals surface area contributed by atoms with Gasteiger partial charge >= 0.3 is 0 Å². The van der Waals surface area contributed by atoms with Crippen LogP contribution in [0.3, 0.4) is 0 Å². The minimum Gasteiger partial charge on any atom is -0.322 e. The fraction of sp³-hybridized carbons (Fsp3) is 0.0370. The van der Waals surface area contributed by atoms with Crippen LogP contribution in [0.2, 0.25) is 0 Å². The van der Waals surface area contributed by atoms with Crippen molar-refractivity contribution in [3.05, 3.63) is 114 Å². The standard InChI is InChI=1S/C27H21N5OS/c1-19-4-9-23(17-25(19)32(27-30-15-16-34-27)24-3-2-12-29-18-24)31-26(33)22-7-5-20(6-8-22)21-10-13-28-14-11-21/h2-18H,1H3,(H,31,33). The lowest BCUT2D eigenvalue weighted by Gasteiger charge is -2.24. The van der Waals surface area contributed by atoms with E-state index in [1.807, 2.05) is 83.9 Å². The molecule has 34 heavy (non-hydrogen) atoms. The van der Waals surface area contributed by atoms with Crippen molar-refractivity contribution in [2.75, 3.05) is 10.2 Å². The molecule has 0 spiro atoms. The maximum Gasteiger partial charge on any atom is 0.255 e. The van der Waals surface area contributed by atoms with Crippen molar-refractivity contribution in [3.63, 3.8) is 0 Å². The lowest BCUT2D eigenvalue weighted by molar-refractivity contribution is 0.102. The van der Waals surface area contributed by atoms with Crippen molar-refractivity contribution in [1.82, 2.24) is 15.0 Å². The zero-order valence-electron chi connectivity index (χ0n) is 18.4. The Hall–Kier alpha value is -4.36. The fourth-order valence-corrected chi connectivity index (χ4v) is 4.33. The van der Waals surface area contributed by atoms with E-state index in [1.54, 1.807) is 42.3 Å². The lowest BCUT2D eigenvalue weighted by Crippen LogP contribution is -2.14. The van der Waals surface area contributed by atoms with Gasteiger partial charge in [0, 0.05) is 41.4 Å². The molecule has 0 atom stereocenters. The molecular formula is C27H21N5OS. The van der Waals surface area contributed by atoms with Crippen LogP contribution in [-0.4, -0.2) is 20.9 Å². The van der Waals surface area contributed by atoms with Gasteiger partial charge in [-0.15, -0.1) is 11.3 Å². The first-order chi connectivity index (χ1) is 16.7. The molecule has 0 saturated heterocycles. The Labute approximate surface area is 201 Å². The van der Waals surface area contributed by atoms with E-state index in [0.29, 0.717) is 11.3 Å². The number of hydrogen-bond acceptors (Lipinski definition) is 6. The number of amides is 1. The summed E-state index contributed by atoms with van der Waals surface area (Å²) in [6.45, 7) is 2.04.